The first-order valence-electron chi connectivity index (χ1n) is 6.77. The topological polar surface area (TPSA) is 66.6 Å². The van der Waals surface area contributed by atoms with Crippen LogP contribution >= 0.6 is 0 Å². The smallest absolute Gasteiger partial charge is 0.336 e. The van der Waals surface area contributed by atoms with Crippen LogP contribution in [-0.4, -0.2) is 18.0 Å². The lowest BCUT2D eigenvalue weighted by atomic mass is 10.1. The van der Waals surface area contributed by atoms with E-state index in [1.54, 1.807) is 29.2 Å². The largest absolute Gasteiger partial charge is 0.399 e. The molecule has 0 radical (unpaired) electrons. The lowest BCUT2D eigenvalue weighted by molar-refractivity contribution is -0.117. The third kappa shape index (κ3) is 1.57. The number of amides is 3. The highest BCUT2D eigenvalue weighted by Gasteiger charge is 2.50. The van der Waals surface area contributed by atoms with Crippen molar-refractivity contribution in [1.29, 1.82) is 0 Å². The molecule has 3 amide bonds. The van der Waals surface area contributed by atoms with Crippen LogP contribution in [0.1, 0.15) is 5.56 Å². The second kappa shape index (κ2) is 4.09. The lowest BCUT2D eigenvalue weighted by Crippen LogP contribution is -2.32. The summed E-state index contributed by atoms with van der Waals surface area (Å²) in [6, 6.07) is 13.7. The van der Waals surface area contributed by atoms with E-state index >= 15 is 0 Å². The highest BCUT2D eigenvalue weighted by atomic mass is 16.2. The zero-order chi connectivity index (χ0) is 14.6. The normalized spacial score (nSPS) is 19.9. The molecule has 4 rings (SSSR count). The quantitative estimate of drug-likeness (QED) is 0.642. The number of nitrogens with zero attached hydrogens (tertiary/aromatic N) is 2. The maximum atomic E-state index is 12.6. The number of nitrogens with two attached hydrogens (primary N) is 1. The molecule has 1 saturated heterocycles. The average Bonchev–Trinajstić information content (AvgIpc) is 2.98. The van der Waals surface area contributed by atoms with Gasteiger partial charge in [-0.05, 0) is 35.9 Å². The first-order valence-corrected chi connectivity index (χ1v) is 6.77. The van der Waals surface area contributed by atoms with Gasteiger partial charge >= 0.3 is 6.03 Å². The van der Waals surface area contributed by atoms with Gasteiger partial charge in [-0.3, -0.25) is 9.69 Å². The van der Waals surface area contributed by atoms with Crippen LogP contribution in [0.4, 0.5) is 21.9 Å². The van der Waals surface area contributed by atoms with E-state index in [0.29, 0.717) is 17.8 Å². The molecule has 0 aliphatic carbocycles. The number of nitrogen functional groups attached to an aromatic ring is 1. The number of fused-ring (bicyclic) bond motifs is 3. The molecule has 0 bridgehead atoms. The summed E-state index contributed by atoms with van der Waals surface area (Å²) in [6.45, 7) is 0. The standard InChI is InChI=1S/C16H13N3O2/c17-11-5-7-12(8-6-11)18-15(20)14-9-10-3-1-2-4-13(10)19(14)16(18)21/h1-8,14H,9,17H2/t14-/m0/s1. The number of benzene rings is 2. The minimum atomic E-state index is -0.424. The molecule has 5 nitrogen and oxygen atoms in total. The zero-order valence-electron chi connectivity index (χ0n) is 11.2. The Morgan fingerprint density at radius 1 is 1.00 bits per heavy atom. The van der Waals surface area contributed by atoms with Crippen LogP contribution in [0, 0.1) is 0 Å². The van der Waals surface area contributed by atoms with Gasteiger partial charge in [0.15, 0.2) is 0 Å². The van der Waals surface area contributed by atoms with Gasteiger partial charge in [0.2, 0.25) is 0 Å². The van der Waals surface area contributed by atoms with Crippen LogP contribution in [0.2, 0.25) is 0 Å². The Morgan fingerprint density at radius 3 is 2.48 bits per heavy atom. The Hall–Kier alpha value is -2.82. The molecule has 2 aromatic rings. The van der Waals surface area contributed by atoms with E-state index in [0.717, 1.165) is 11.3 Å². The lowest BCUT2D eigenvalue weighted by Gasteiger charge is -2.17. The van der Waals surface area contributed by atoms with Crippen LogP contribution < -0.4 is 15.5 Å². The number of hydrogen-bond acceptors (Lipinski definition) is 3. The Labute approximate surface area is 121 Å². The van der Waals surface area contributed by atoms with Crippen molar-refractivity contribution in [3.05, 3.63) is 54.1 Å². The molecule has 21 heavy (non-hydrogen) atoms. The molecule has 0 saturated carbocycles. The predicted octanol–water partition coefficient (Wildman–Crippen LogP) is 2.17. The van der Waals surface area contributed by atoms with Gasteiger partial charge in [0.05, 0.1) is 5.69 Å². The van der Waals surface area contributed by atoms with Crippen molar-refractivity contribution in [3.8, 4) is 0 Å². The molecule has 1 atom stereocenters. The summed E-state index contributed by atoms with van der Waals surface area (Å²) in [7, 11) is 0. The van der Waals surface area contributed by atoms with E-state index in [-0.39, 0.29) is 11.9 Å². The van der Waals surface area contributed by atoms with Crippen molar-refractivity contribution in [2.24, 2.45) is 0 Å². The number of rotatable bonds is 1. The first kappa shape index (κ1) is 12.0. The van der Waals surface area contributed by atoms with Gasteiger partial charge < -0.3 is 5.73 Å². The van der Waals surface area contributed by atoms with Crippen molar-refractivity contribution in [1.82, 2.24) is 0 Å². The fourth-order valence-corrected chi connectivity index (χ4v) is 3.03. The molecule has 0 aromatic heterocycles. The van der Waals surface area contributed by atoms with Crippen molar-refractivity contribution in [2.45, 2.75) is 12.5 Å². The van der Waals surface area contributed by atoms with E-state index in [4.69, 9.17) is 5.73 Å². The van der Waals surface area contributed by atoms with Crippen molar-refractivity contribution < 1.29 is 9.59 Å². The Bertz CT molecular complexity index is 754. The van der Waals surface area contributed by atoms with Gasteiger partial charge in [0, 0.05) is 17.8 Å². The van der Waals surface area contributed by atoms with Crippen LogP contribution in [-0.2, 0) is 11.2 Å². The molecule has 2 N–H and O–H groups in total. The maximum absolute atomic E-state index is 12.6. The number of anilines is 3. The van der Waals surface area contributed by atoms with Gasteiger partial charge in [-0.25, -0.2) is 9.69 Å². The van der Waals surface area contributed by atoms with Crippen LogP contribution in [0.3, 0.4) is 0 Å². The second-order valence-electron chi connectivity index (χ2n) is 5.27. The Morgan fingerprint density at radius 2 is 1.71 bits per heavy atom. The fraction of sp³-hybridized carbons (Fsp3) is 0.125. The zero-order valence-corrected chi connectivity index (χ0v) is 11.2. The number of hydrogen-bond donors (Lipinski definition) is 1. The van der Waals surface area contributed by atoms with Crippen molar-refractivity contribution >= 4 is 29.0 Å². The SMILES string of the molecule is Nc1ccc(N2C(=O)[C@@H]3Cc4ccccc4N3C2=O)cc1. The molecule has 0 spiro atoms. The third-order valence-corrected chi connectivity index (χ3v) is 4.03. The number of carbonyl (C=O) groups excluding carboxylic acids is 2. The minimum Gasteiger partial charge on any atom is -0.399 e. The van der Waals surface area contributed by atoms with Crippen molar-refractivity contribution in [3.63, 3.8) is 0 Å². The summed E-state index contributed by atoms with van der Waals surface area (Å²) in [5.74, 6) is -0.180. The molecule has 0 unspecified atom stereocenters. The second-order valence-corrected chi connectivity index (χ2v) is 5.27. The molecular weight excluding hydrogens is 266 g/mol. The molecule has 2 aliphatic heterocycles. The number of para-hydroxylation sites is 1. The monoisotopic (exact) mass is 279 g/mol. The van der Waals surface area contributed by atoms with Crippen molar-refractivity contribution in [2.75, 3.05) is 15.5 Å². The van der Waals surface area contributed by atoms with Gasteiger partial charge in [-0.2, -0.15) is 0 Å². The molecule has 104 valence electrons. The minimum absolute atomic E-state index is 0.180. The van der Waals surface area contributed by atoms with Gasteiger partial charge in [-0.15, -0.1) is 0 Å². The summed E-state index contributed by atoms with van der Waals surface area (Å²) in [4.78, 5) is 28.1. The summed E-state index contributed by atoms with van der Waals surface area (Å²) in [5.41, 5.74) is 8.69. The fourth-order valence-electron chi connectivity index (χ4n) is 3.03. The summed E-state index contributed by atoms with van der Waals surface area (Å²) in [6.07, 6.45) is 0.576. The first-order chi connectivity index (χ1) is 10.2. The summed E-state index contributed by atoms with van der Waals surface area (Å²) in [5, 5.41) is 0. The molecule has 5 heteroatoms. The third-order valence-electron chi connectivity index (χ3n) is 4.03. The van der Waals surface area contributed by atoms with Gasteiger partial charge in [-0.1, -0.05) is 18.2 Å². The van der Waals surface area contributed by atoms with E-state index in [2.05, 4.69) is 0 Å². The number of imide groups is 1. The van der Waals surface area contributed by atoms with Gasteiger partial charge in [0.1, 0.15) is 6.04 Å². The van der Waals surface area contributed by atoms with E-state index in [1.807, 2.05) is 24.3 Å². The number of urea groups is 1. The predicted molar refractivity (Wildman–Crippen MR) is 80.1 cm³/mol. The van der Waals surface area contributed by atoms with Crippen LogP contribution in [0.15, 0.2) is 48.5 Å². The Balaban J connectivity index is 1.77. The van der Waals surface area contributed by atoms with Crippen LogP contribution in [0.25, 0.3) is 0 Å². The molecule has 2 aliphatic rings. The van der Waals surface area contributed by atoms with E-state index < -0.39 is 6.04 Å². The molecular formula is C16H13N3O2. The molecule has 2 aromatic carbocycles. The number of carbonyl (C=O) groups is 2. The average molecular weight is 279 g/mol. The van der Waals surface area contributed by atoms with Gasteiger partial charge in [0.25, 0.3) is 5.91 Å². The summed E-state index contributed by atoms with van der Waals surface area (Å²) >= 11 is 0. The van der Waals surface area contributed by atoms with E-state index in [1.165, 1.54) is 4.90 Å². The van der Waals surface area contributed by atoms with Crippen LogP contribution in [0.5, 0.6) is 0 Å². The summed E-state index contributed by atoms with van der Waals surface area (Å²) < 4.78 is 0. The molecule has 2 heterocycles. The van der Waals surface area contributed by atoms with E-state index in [9.17, 15) is 9.59 Å². The Kier molecular flexibility index (Phi) is 2.33. The molecule has 1 fully saturated rings. The highest BCUT2D eigenvalue weighted by Crippen LogP contribution is 2.39. The highest BCUT2D eigenvalue weighted by molar-refractivity contribution is 6.29. The maximum Gasteiger partial charge on any atom is 0.336 e.